The van der Waals surface area contributed by atoms with Crippen LogP contribution in [0.25, 0.3) is 0 Å². The molecule has 0 bridgehead atoms. The van der Waals surface area contributed by atoms with Crippen LogP contribution >= 0.6 is 0 Å². The van der Waals surface area contributed by atoms with E-state index < -0.39 is 0 Å². The van der Waals surface area contributed by atoms with Gasteiger partial charge in [0.05, 0.1) is 6.10 Å². The highest BCUT2D eigenvalue weighted by molar-refractivity contribution is 4.81. The zero-order valence-electron chi connectivity index (χ0n) is 8.00. The molecule has 0 aromatic heterocycles. The summed E-state index contributed by atoms with van der Waals surface area (Å²) in [4.78, 5) is 0. The van der Waals surface area contributed by atoms with Gasteiger partial charge in [0.15, 0.2) is 0 Å². The average Bonchev–Trinajstić information content (AvgIpc) is 2.47. The van der Waals surface area contributed by atoms with E-state index in [1.54, 1.807) is 0 Å². The molecule has 3 unspecified atom stereocenters. The number of hydrogen-bond acceptors (Lipinski definition) is 1. The zero-order valence-corrected chi connectivity index (χ0v) is 8.00. The van der Waals surface area contributed by atoms with Crippen LogP contribution in [0.1, 0.15) is 39.0 Å². The molecule has 1 rings (SSSR count). The van der Waals surface area contributed by atoms with Gasteiger partial charge in [-0.05, 0) is 31.1 Å². The van der Waals surface area contributed by atoms with Gasteiger partial charge >= 0.3 is 0 Å². The van der Waals surface area contributed by atoms with Gasteiger partial charge in [-0.3, -0.25) is 0 Å². The SMILES string of the molecule is C=CCCC(O)C1CCCC1C. The molecule has 1 heteroatoms. The van der Waals surface area contributed by atoms with Crippen LogP contribution in [0.3, 0.4) is 0 Å². The summed E-state index contributed by atoms with van der Waals surface area (Å²) in [6.45, 7) is 5.93. The molecule has 3 atom stereocenters. The standard InChI is InChI=1S/C11H20O/c1-3-4-8-11(12)10-7-5-6-9(10)2/h3,9-12H,1,4-8H2,2H3. The lowest BCUT2D eigenvalue weighted by atomic mass is 9.90. The van der Waals surface area contributed by atoms with Crippen LogP contribution in [-0.4, -0.2) is 11.2 Å². The van der Waals surface area contributed by atoms with Gasteiger partial charge in [0.1, 0.15) is 0 Å². The predicted molar refractivity (Wildman–Crippen MR) is 51.9 cm³/mol. The lowest BCUT2D eigenvalue weighted by molar-refractivity contribution is 0.0829. The maximum atomic E-state index is 9.80. The Morgan fingerprint density at radius 1 is 1.58 bits per heavy atom. The number of aliphatic hydroxyl groups is 1. The summed E-state index contributed by atoms with van der Waals surface area (Å²) in [5.74, 6) is 1.29. The van der Waals surface area contributed by atoms with E-state index in [0.29, 0.717) is 5.92 Å². The molecule has 70 valence electrons. The first-order valence-corrected chi connectivity index (χ1v) is 5.04. The molecule has 0 radical (unpaired) electrons. The molecule has 0 saturated heterocycles. The van der Waals surface area contributed by atoms with E-state index in [9.17, 15) is 5.11 Å². The van der Waals surface area contributed by atoms with Crippen molar-refractivity contribution in [2.75, 3.05) is 0 Å². The summed E-state index contributed by atoms with van der Waals surface area (Å²) in [6.07, 6.45) is 7.48. The van der Waals surface area contributed by atoms with Crippen molar-refractivity contribution in [1.29, 1.82) is 0 Å². The first-order chi connectivity index (χ1) is 5.75. The van der Waals surface area contributed by atoms with Gasteiger partial charge in [-0.25, -0.2) is 0 Å². The minimum Gasteiger partial charge on any atom is -0.393 e. The molecule has 0 aliphatic heterocycles. The van der Waals surface area contributed by atoms with E-state index >= 15 is 0 Å². The van der Waals surface area contributed by atoms with Crippen molar-refractivity contribution in [2.45, 2.75) is 45.1 Å². The summed E-state index contributed by atoms with van der Waals surface area (Å²) < 4.78 is 0. The van der Waals surface area contributed by atoms with E-state index in [-0.39, 0.29) is 6.10 Å². The second-order valence-corrected chi connectivity index (χ2v) is 4.01. The fourth-order valence-electron chi connectivity index (χ4n) is 2.25. The van der Waals surface area contributed by atoms with Crippen molar-refractivity contribution in [3.05, 3.63) is 12.7 Å². The molecular weight excluding hydrogens is 148 g/mol. The van der Waals surface area contributed by atoms with Gasteiger partial charge in [-0.15, -0.1) is 6.58 Å². The Morgan fingerprint density at radius 3 is 2.83 bits per heavy atom. The van der Waals surface area contributed by atoms with Crippen LogP contribution in [0.2, 0.25) is 0 Å². The molecule has 1 N–H and O–H groups in total. The molecule has 1 nitrogen and oxygen atoms in total. The molecule has 0 aromatic rings. The third-order valence-corrected chi connectivity index (χ3v) is 3.09. The highest BCUT2D eigenvalue weighted by atomic mass is 16.3. The van der Waals surface area contributed by atoms with E-state index in [2.05, 4.69) is 13.5 Å². The molecule has 0 heterocycles. The van der Waals surface area contributed by atoms with Gasteiger partial charge < -0.3 is 5.11 Å². The Labute approximate surface area is 75.5 Å². The zero-order chi connectivity index (χ0) is 8.97. The number of aliphatic hydroxyl groups excluding tert-OH is 1. The maximum Gasteiger partial charge on any atom is 0.0573 e. The summed E-state index contributed by atoms with van der Waals surface area (Å²) in [7, 11) is 0. The van der Waals surface area contributed by atoms with Crippen molar-refractivity contribution < 1.29 is 5.11 Å². The topological polar surface area (TPSA) is 20.2 Å². The minimum atomic E-state index is -0.0829. The quantitative estimate of drug-likeness (QED) is 0.640. The first-order valence-electron chi connectivity index (χ1n) is 5.04. The van der Waals surface area contributed by atoms with Gasteiger partial charge in [-0.2, -0.15) is 0 Å². The van der Waals surface area contributed by atoms with E-state index in [0.717, 1.165) is 18.8 Å². The van der Waals surface area contributed by atoms with Crippen molar-refractivity contribution in [3.63, 3.8) is 0 Å². The Kier molecular flexibility index (Phi) is 3.80. The van der Waals surface area contributed by atoms with Gasteiger partial charge in [0.25, 0.3) is 0 Å². The average molecular weight is 168 g/mol. The first kappa shape index (κ1) is 9.79. The fourth-order valence-corrected chi connectivity index (χ4v) is 2.25. The number of allylic oxidation sites excluding steroid dienone is 1. The Balaban J connectivity index is 2.29. The monoisotopic (exact) mass is 168 g/mol. The van der Waals surface area contributed by atoms with Crippen LogP contribution < -0.4 is 0 Å². The van der Waals surface area contributed by atoms with Crippen LogP contribution in [0.5, 0.6) is 0 Å². The smallest absolute Gasteiger partial charge is 0.0573 e. The molecular formula is C11H20O. The summed E-state index contributed by atoms with van der Waals surface area (Å²) in [5.41, 5.74) is 0. The second kappa shape index (κ2) is 4.66. The van der Waals surface area contributed by atoms with E-state index in [1.165, 1.54) is 19.3 Å². The Bertz CT molecular complexity index is 142. The normalized spacial score (nSPS) is 31.8. The minimum absolute atomic E-state index is 0.0829. The number of rotatable bonds is 4. The third kappa shape index (κ3) is 2.34. The number of hydrogen-bond donors (Lipinski definition) is 1. The van der Waals surface area contributed by atoms with Crippen molar-refractivity contribution in [2.24, 2.45) is 11.8 Å². The van der Waals surface area contributed by atoms with Crippen molar-refractivity contribution >= 4 is 0 Å². The molecule has 0 aromatic carbocycles. The lowest BCUT2D eigenvalue weighted by Crippen LogP contribution is -2.22. The van der Waals surface area contributed by atoms with E-state index in [4.69, 9.17) is 0 Å². The second-order valence-electron chi connectivity index (χ2n) is 4.01. The van der Waals surface area contributed by atoms with Crippen LogP contribution in [0.15, 0.2) is 12.7 Å². The molecule has 0 spiro atoms. The third-order valence-electron chi connectivity index (χ3n) is 3.09. The largest absolute Gasteiger partial charge is 0.393 e. The maximum absolute atomic E-state index is 9.80. The highest BCUT2D eigenvalue weighted by Crippen LogP contribution is 2.34. The molecule has 1 aliphatic rings. The van der Waals surface area contributed by atoms with Crippen LogP contribution in [-0.2, 0) is 0 Å². The Hall–Kier alpha value is -0.300. The van der Waals surface area contributed by atoms with Crippen LogP contribution in [0.4, 0.5) is 0 Å². The lowest BCUT2D eigenvalue weighted by Gasteiger charge is -2.21. The van der Waals surface area contributed by atoms with Crippen molar-refractivity contribution in [1.82, 2.24) is 0 Å². The van der Waals surface area contributed by atoms with Gasteiger partial charge in [0, 0.05) is 0 Å². The predicted octanol–water partition coefficient (Wildman–Crippen LogP) is 2.75. The van der Waals surface area contributed by atoms with E-state index in [1.807, 2.05) is 6.08 Å². The molecule has 1 aliphatic carbocycles. The summed E-state index contributed by atoms with van der Waals surface area (Å²) in [6, 6.07) is 0. The summed E-state index contributed by atoms with van der Waals surface area (Å²) >= 11 is 0. The molecule has 1 saturated carbocycles. The highest BCUT2D eigenvalue weighted by Gasteiger charge is 2.28. The Morgan fingerprint density at radius 2 is 2.33 bits per heavy atom. The molecule has 0 amide bonds. The van der Waals surface area contributed by atoms with Gasteiger partial charge in [0.2, 0.25) is 0 Å². The molecule has 12 heavy (non-hydrogen) atoms. The van der Waals surface area contributed by atoms with Crippen molar-refractivity contribution in [3.8, 4) is 0 Å². The van der Waals surface area contributed by atoms with Crippen LogP contribution in [0, 0.1) is 11.8 Å². The fraction of sp³-hybridized carbons (Fsp3) is 0.818. The summed E-state index contributed by atoms with van der Waals surface area (Å²) in [5, 5.41) is 9.80. The molecule has 1 fully saturated rings. The van der Waals surface area contributed by atoms with Gasteiger partial charge in [-0.1, -0.05) is 25.8 Å².